The molecule has 0 bridgehead atoms. The van der Waals surface area contributed by atoms with E-state index in [2.05, 4.69) is 19.1 Å². The molecule has 1 aliphatic heterocycles. The Balaban J connectivity index is 1.79. The molecule has 23 heavy (non-hydrogen) atoms. The predicted molar refractivity (Wildman–Crippen MR) is 95.2 cm³/mol. The number of aryl methyl sites for hydroxylation is 1. The van der Waals surface area contributed by atoms with E-state index in [1.165, 1.54) is 10.5 Å². The van der Waals surface area contributed by atoms with Crippen LogP contribution in [0.25, 0.3) is 0 Å². The minimum Gasteiger partial charge on any atom is -0.273 e. The van der Waals surface area contributed by atoms with Gasteiger partial charge < -0.3 is 0 Å². The Morgan fingerprint density at radius 1 is 1.04 bits per heavy atom. The summed E-state index contributed by atoms with van der Waals surface area (Å²) in [6, 6.07) is 15.1. The van der Waals surface area contributed by atoms with Gasteiger partial charge in [-0.25, -0.2) is 4.90 Å². The molecule has 2 aromatic carbocycles. The van der Waals surface area contributed by atoms with Crippen LogP contribution in [-0.2, 0) is 17.6 Å². The SMILES string of the molecule is CCc1ccc(C[C@H]2SC(=O)N(c3ccccc3Cl)C2=O)cc1. The molecule has 0 aromatic heterocycles. The maximum absolute atomic E-state index is 12.6. The molecule has 1 atom stereocenters. The monoisotopic (exact) mass is 345 g/mol. The van der Waals surface area contributed by atoms with Crippen molar-refractivity contribution in [3.63, 3.8) is 0 Å². The number of nitrogens with zero attached hydrogens (tertiary/aromatic N) is 1. The van der Waals surface area contributed by atoms with Gasteiger partial charge in [0.15, 0.2) is 0 Å². The van der Waals surface area contributed by atoms with Crippen LogP contribution in [0.1, 0.15) is 18.1 Å². The molecule has 0 radical (unpaired) electrons. The number of carbonyl (C=O) groups is 2. The minimum absolute atomic E-state index is 0.201. The standard InChI is InChI=1S/C18H16ClNO2S/c1-2-12-7-9-13(10-8-12)11-16-17(21)20(18(22)23-16)15-6-4-3-5-14(15)19/h3-10,16H,2,11H2,1H3/t16-/m1/s1. The molecular weight excluding hydrogens is 330 g/mol. The summed E-state index contributed by atoms with van der Waals surface area (Å²) in [6.07, 6.45) is 1.52. The van der Waals surface area contributed by atoms with Gasteiger partial charge in [-0.1, -0.05) is 66.7 Å². The lowest BCUT2D eigenvalue weighted by Gasteiger charge is -2.15. The number of thioether (sulfide) groups is 1. The van der Waals surface area contributed by atoms with Crippen molar-refractivity contribution in [2.75, 3.05) is 4.90 Å². The largest absolute Gasteiger partial charge is 0.293 e. The third-order valence-corrected chi connectivity index (χ3v) is 5.22. The zero-order valence-corrected chi connectivity index (χ0v) is 14.2. The Morgan fingerprint density at radius 2 is 1.70 bits per heavy atom. The number of anilines is 1. The van der Waals surface area contributed by atoms with Crippen LogP contribution in [0, 0.1) is 0 Å². The molecule has 2 amide bonds. The number of benzene rings is 2. The smallest absolute Gasteiger partial charge is 0.273 e. The summed E-state index contributed by atoms with van der Waals surface area (Å²) in [5.74, 6) is -0.201. The van der Waals surface area contributed by atoms with Crippen molar-refractivity contribution in [1.82, 2.24) is 0 Å². The molecule has 0 unspecified atom stereocenters. The molecule has 0 N–H and O–H groups in total. The molecule has 3 nitrogen and oxygen atoms in total. The van der Waals surface area contributed by atoms with Crippen molar-refractivity contribution in [2.24, 2.45) is 0 Å². The van der Waals surface area contributed by atoms with E-state index < -0.39 is 5.25 Å². The summed E-state index contributed by atoms with van der Waals surface area (Å²) in [4.78, 5) is 26.1. The highest BCUT2D eigenvalue weighted by Crippen LogP contribution is 2.36. The summed E-state index contributed by atoms with van der Waals surface area (Å²) in [5, 5.41) is -0.257. The summed E-state index contributed by atoms with van der Waals surface area (Å²) < 4.78 is 0. The highest BCUT2D eigenvalue weighted by Gasteiger charge is 2.41. The second kappa shape index (κ2) is 6.77. The van der Waals surface area contributed by atoms with Crippen LogP contribution in [0.3, 0.4) is 0 Å². The molecule has 3 rings (SSSR count). The van der Waals surface area contributed by atoms with Crippen LogP contribution in [-0.4, -0.2) is 16.4 Å². The number of hydrogen-bond acceptors (Lipinski definition) is 3. The van der Waals surface area contributed by atoms with Gasteiger partial charge in [0.1, 0.15) is 0 Å². The van der Waals surface area contributed by atoms with E-state index in [4.69, 9.17) is 11.6 Å². The second-order valence-corrected chi connectivity index (χ2v) is 6.93. The molecule has 0 aliphatic carbocycles. The number of imide groups is 1. The van der Waals surface area contributed by atoms with Gasteiger partial charge in [-0.15, -0.1) is 0 Å². The van der Waals surface area contributed by atoms with E-state index in [0.717, 1.165) is 23.7 Å². The molecule has 118 valence electrons. The summed E-state index contributed by atoms with van der Waals surface area (Å²) >= 11 is 7.19. The summed E-state index contributed by atoms with van der Waals surface area (Å²) in [7, 11) is 0. The lowest BCUT2D eigenvalue weighted by atomic mass is 10.1. The van der Waals surface area contributed by atoms with Crippen molar-refractivity contribution in [2.45, 2.75) is 25.0 Å². The van der Waals surface area contributed by atoms with Crippen molar-refractivity contribution in [3.05, 3.63) is 64.7 Å². The van der Waals surface area contributed by atoms with E-state index in [0.29, 0.717) is 17.1 Å². The molecule has 1 heterocycles. The Morgan fingerprint density at radius 3 is 2.35 bits per heavy atom. The van der Waals surface area contributed by atoms with Crippen LogP contribution in [0.5, 0.6) is 0 Å². The first-order valence-electron chi connectivity index (χ1n) is 7.47. The van der Waals surface area contributed by atoms with Gasteiger partial charge in [-0.2, -0.15) is 0 Å². The average molecular weight is 346 g/mol. The molecule has 1 aliphatic rings. The third kappa shape index (κ3) is 3.28. The molecule has 0 spiro atoms. The maximum Gasteiger partial charge on any atom is 0.293 e. The first-order chi connectivity index (χ1) is 11.1. The van der Waals surface area contributed by atoms with Gasteiger partial charge in [0.2, 0.25) is 5.91 Å². The van der Waals surface area contributed by atoms with Gasteiger partial charge in [0.25, 0.3) is 5.24 Å². The predicted octanol–water partition coefficient (Wildman–Crippen LogP) is 4.71. The second-order valence-electron chi connectivity index (χ2n) is 5.37. The summed E-state index contributed by atoms with van der Waals surface area (Å²) in [6.45, 7) is 2.10. The van der Waals surface area contributed by atoms with Crippen LogP contribution in [0.15, 0.2) is 48.5 Å². The first-order valence-corrected chi connectivity index (χ1v) is 8.73. The summed E-state index contributed by atoms with van der Waals surface area (Å²) in [5.41, 5.74) is 2.77. The molecular formula is C18H16ClNO2S. The van der Waals surface area contributed by atoms with E-state index in [1.807, 2.05) is 12.1 Å². The van der Waals surface area contributed by atoms with Crippen LogP contribution < -0.4 is 4.90 Å². The fourth-order valence-corrected chi connectivity index (χ4v) is 3.80. The fourth-order valence-electron chi connectivity index (χ4n) is 2.56. The Bertz CT molecular complexity index is 745. The molecule has 0 saturated carbocycles. The number of hydrogen-bond donors (Lipinski definition) is 0. The van der Waals surface area contributed by atoms with Crippen molar-refractivity contribution < 1.29 is 9.59 Å². The topological polar surface area (TPSA) is 37.4 Å². The van der Waals surface area contributed by atoms with Gasteiger partial charge in [-0.05, 0) is 36.1 Å². The van der Waals surface area contributed by atoms with E-state index >= 15 is 0 Å². The number of halogens is 1. The average Bonchev–Trinajstić information content (AvgIpc) is 2.83. The quantitative estimate of drug-likeness (QED) is 0.805. The molecule has 1 fully saturated rings. The first kappa shape index (κ1) is 16.1. The maximum atomic E-state index is 12.6. The Kier molecular flexibility index (Phi) is 4.74. The third-order valence-electron chi connectivity index (χ3n) is 3.87. The van der Waals surface area contributed by atoms with Gasteiger partial charge in [0, 0.05) is 0 Å². The van der Waals surface area contributed by atoms with E-state index in [9.17, 15) is 9.59 Å². The van der Waals surface area contributed by atoms with Crippen LogP contribution >= 0.6 is 23.4 Å². The molecule has 2 aromatic rings. The normalized spacial score (nSPS) is 17.8. The zero-order chi connectivity index (χ0) is 16.4. The van der Waals surface area contributed by atoms with E-state index in [1.54, 1.807) is 24.3 Å². The van der Waals surface area contributed by atoms with Gasteiger partial charge >= 0.3 is 0 Å². The highest BCUT2D eigenvalue weighted by molar-refractivity contribution is 8.15. The van der Waals surface area contributed by atoms with Crippen molar-refractivity contribution in [3.8, 4) is 0 Å². The lowest BCUT2D eigenvalue weighted by molar-refractivity contribution is -0.117. The number of rotatable bonds is 4. The van der Waals surface area contributed by atoms with Crippen LogP contribution in [0.2, 0.25) is 5.02 Å². The zero-order valence-electron chi connectivity index (χ0n) is 12.7. The fraction of sp³-hybridized carbons (Fsp3) is 0.222. The van der Waals surface area contributed by atoms with Crippen molar-refractivity contribution in [1.29, 1.82) is 0 Å². The van der Waals surface area contributed by atoms with Gasteiger partial charge in [0.05, 0.1) is 16.0 Å². The van der Waals surface area contributed by atoms with E-state index in [-0.39, 0.29) is 11.1 Å². The highest BCUT2D eigenvalue weighted by atomic mass is 35.5. The number of carbonyl (C=O) groups excluding carboxylic acids is 2. The van der Waals surface area contributed by atoms with Crippen LogP contribution in [0.4, 0.5) is 10.5 Å². The molecule has 1 saturated heterocycles. The van der Waals surface area contributed by atoms with Crippen molar-refractivity contribution >= 4 is 40.2 Å². The lowest BCUT2D eigenvalue weighted by Crippen LogP contribution is -2.32. The van der Waals surface area contributed by atoms with Gasteiger partial charge in [-0.3, -0.25) is 9.59 Å². The molecule has 5 heteroatoms. The Hall–Kier alpha value is -1.78. The number of para-hydroxylation sites is 1. The minimum atomic E-state index is -0.397. The number of amides is 2. The Labute approximate surface area is 144 Å².